The minimum atomic E-state index is -0.0474. The highest BCUT2D eigenvalue weighted by Gasteiger charge is 2.38. The van der Waals surface area contributed by atoms with E-state index < -0.39 is 0 Å². The van der Waals surface area contributed by atoms with Crippen LogP contribution in [0.3, 0.4) is 0 Å². The first-order chi connectivity index (χ1) is 9.71. The normalized spacial score (nSPS) is 20.2. The van der Waals surface area contributed by atoms with Crippen molar-refractivity contribution >= 4 is 5.97 Å². The van der Waals surface area contributed by atoms with Gasteiger partial charge in [0.25, 0.3) is 0 Å². The van der Waals surface area contributed by atoms with Gasteiger partial charge in [-0.25, -0.2) is 0 Å². The number of hydrogen-bond donors (Lipinski definition) is 0. The number of aryl methyl sites for hydroxylation is 1. The van der Waals surface area contributed by atoms with Crippen molar-refractivity contribution in [3.63, 3.8) is 0 Å². The quantitative estimate of drug-likeness (QED) is 0.724. The summed E-state index contributed by atoms with van der Waals surface area (Å²) in [5.74, 6) is 0.787. The Morgan fingerprint density at radius 3 is 2.45 bits per heavy atom. The fraction of sp³-hybridized carbons (Fsp3) is 0.611. The minimum absolute atomic E-state index is 0.0474. The van der Waals surface area contributed by atoms with Crippen LogP contribution in [0.25, 0.3) is 0 Å². The van der Waals surface area contributed by atoms with E-state index in [9.17, 15) is 4.79 Å². The first-order valence-electron chi connectivity index (χ1n) is 7.86. The van der Waals surface area contributed by atoms with E-state index in [1.54, 1.807) is 0 Å². The van der Waals surface area contributed by atoms with Gasteiger partial charge in [-0.15, -0.1) is 0 Å². The molecule has 0 heterocycles. The Kier molecular flexibility index (Phi) is 3.82. The van der Waals surface area contributed by atoms with Gasteiger partial charge in [0.05, 0.1) is 13.5 Å². The second kappa shape index (κ2) is 5.59. The van der Waals surface area contributed by atoms with Gasteiger partial charge in [0.15, 0.2) is 0 Å². The molecule has 2 nitrogen and oxygen atoms in total. The van der Waals surface area contributed by atoms with Crippen molar-refractivity contribution in [2.45, 2.75) is 57.3 Å². The average Bonchev–Trinajstić information content (AvgIpc) is 3.26. The third-order valence-corrected chi connectivity index (χ3v) is 5.13. The van der Waals surface area contributed by atoms with Gasteiger partial charge >= 0.3 is 5.97 Å². The van der Waals surface area contributed by atoms with E-state index in [1.165, 1.54) is 50.3 Å². The van der Waals surface area contributed by atoms with Gasteiger partial charge in [0.2, 0.25) is 0 Å². The highest BCUT2D eigenvalue weighted by molar-refractivity contribution is 5.70. The lowest BCUT2D eigenvalue weighted by molar-refractivity contribution is -0.145. The van der Waals surface area contributed by atoms with E-state index >= 15 is 0 Å². The molecule has 0 N–H and O–H groups in total. The van der Waals surface area contributed by atoms with E-state index in [-0.39, 0.29) is 11.4 Å². The zero-order valence-electron chi connectivity index (χ0n) is 12.4. The summed E-state index contributed by atoms with van der Waals surface area (Å²) >= 11 is 0. The van der Waals surface area contributed by atoms with E-state index in [0.717, 1.165) is 18.8 Å². The fourth-order valence-electron chi connectivity index (χ4n) is 3.35. The molecule has 0 saturated heterocycles. The molecule has 2 aliphatic carbocycles. The monoisotopic (exact) mass is 272 g/mol. The Morgan fingerprint density at radius 2 is 1.95 bits per heavy atom. The fourth-order valence-corrected chi connectivity index (χ4v) is 3.35. The first kappa shape index (κ1) is 13.7. The highest BCUT2D eigenvalue weighted by atomic mass is 16.5. The zero-order chi connectivity index (χ0) is 14.0. The van der Waals surface area contributed by atoms with Gasteiger partial charge in [0, 0.05) is 0 Å². The molecule has 2 aliphatic rings. The molecule has 20 heavy (non-hydrogen) atoms. The van der Waals surface area contributed by atoms with Gasteiger partial charge < -0.3 is 4.74 Å². The molecule has 2 saturated carbocycles. The number of carbonyl (C=O) groups excluding carboxylic acids is 1. The number of rotatable bonds is 6. The van der Waals surface area contributed by atoms with Crippen LogP contribution in [0, 0.1) is 5.41 Å². The van der Waals surface area contributed by atoms with Crippen molar-refractivity contribution < 1.29 is 9.53 Å². The summed E-state index contributed by atoms with van der Waals surface area (Å²) < 4.78 is 4.84. The Labute approximate surface area is 121 Å². The van der Waals surface area contributed by atoms with Gasteiger partial charge in [-0.05, 0) is 61.0 Å². The average molecular weight is 272 g/mol. The zero-order valence-corrected chi connectivity index (χ0v) is 12.4. The summed E-state index contributed by atoms with van der Waals surface area (Å²) in [6.07, 6.45) is 9.15. The summed E-state index contributed by atoms with van der Waals surface area (Å²) in [5.41, 5.74) is 3.13. The number of ether oxygens (including phenoxy) is 1. The summed E-state index contributed by atoms with van der Waals surface area (Å²) in [6, 6.07) is 9.14. The molecule has 1 aromatic rings. The summed E-state index contributed by atoms with van der Waals surface area (Å²) in [5, 5.41) is 0. The van der Waals surface area contributed by atoms with Crippen molar-refractivity contribution in [1.82, 2.24) is 0 Å². The second-order valence-corrected chi connectivity index (χ2v) is 6.62. The Morgan fingerprint density at radius 1 is 1.25 bits per heavy atom. The Balaban J connectivity index is 1.55. The van der Waals surface area contributed by atoms with Crippen molar-refractivity contribution in [3.8, 4) is 0 Å². The van der Waals surface area contributed by atoms with Crippen LogP contribution in [-0.2, 0) is 16.0 Å². The van der Waals surface area contributed by atoms with E-state index in [2.05, 4.69) is 24.3 Å². The van der Waals surface area contributed by atoms with Gasteiger partial charge in [-0.1, -0.05) is 30.7 Å². The number of hydrogen-bond acceptors (Lipinski definition) is 2. The van der Waals surface area contributed by atoms with Crippen molar-refractivity contribution in [2.75, 3.05) is 7.11 Å². The van der Waals surface area contributed by atoms with Crippen molar-refractivity contribution in [1.29, 1.82) is 0 Å². The molecule has 2 fully saturated rings. The Hall–Kier alpha value is -1.31. The molecule has 108 valence electrons. The molecule has 0 atom stereocenters. The number of carbonyl (C=O) groups is 1. The SMILES string of the molecule is COC(=O)CC1(CCc2ccc(C3CC3)cc2)CCC1. The molecule has 0 radical (unpaired) electrons. The van der Waals surface area contributed by atoms with E-state index in [4.69, 9.17) is 4.74 Å². The topological polar surface area (TPSA) is 26.3 Å². The summed E-state index contributed by atoms with van der Waals surface area (Å²) in [7, 11) is 1.49. The molecule has 0 aliphatic heterocycles. The number of methoxy groups -OCH3 is 1. The highest BCUT2D eigenvalue weighted by Crippen LogP contribution is 2.48. The lowest BCUT2D eigenvalue weighted by atomic mass is 9.64. The van der Waals surface area contributed by atoms with Crippen LogP contribution in [0.15, 0.2) is 24.3 Å². The molecule has 2 heteroatoms. The van der Waals surface area contributed by atoms with Crippen LogP contribution >= 0.6 is 0 Å². The van der Waals surface area contributed by atoms with Crippen LogP contribution in [0.5, 0.6) is 0 Å². The van der Waals surface area contributed by atoms with Crippen LogP contribution in [0.4, 0.5) is 0 Å². The molecule has 0 spiro atoms. The maximum Gasteiger partial charge on any atom is 0.306 e. The summed E-state index contributed by atoms with van der Waals surface area (Å²) in [6.45, 7) is 0. The maximum absolute atomic E-state index is 11.5. The molecule has 0 bridgehead atoms. The van der Waals surface area contributed by atoms with Gasteiger partial charge in [-0.2, -0.15) is 0 Å². The van der Waals surface area contributed by atoms with Crippen LogP contribution in [0.2, 0.25) is 0 Å². The van der Waals surface area contributed by atoms with Crippen molar-refractivity contribution in [3.05, 3.63) is 35.4 Å². The molecular formula is C18H24O2. The standard InChI is InChI=1S/C18H24O2/c1-20-17(19)13-18(10-2-11-18)12-9-14-3-5-15(6-4-14)16-7-8-16/h3-6,16H,2,7-13H2,1H3. The second-order valence-electron chi connectivity index (χ2n) is 6.62. The van der Waals surface area contributed by atoms with Gasteiger partial charge in [0.1, 0.15) is 0 Å². The lowest BCUT2D eigenvalue weighted by Crippen LogP contribution is -2.33. The molecule has 0 aromatic heterocycles. The Bertz CT molecular complexity index is 467. The molecule has 3 rings (SSSR count). The van der Waals surface area contributed by atoms with Gasteiger partial charge in [-0.3, -0.25) is 4.79 Å². The molecular weight excluding hydrogens is 248 g/mol. The smallest absolute Gasteiger partial charge is 0.306 e. The first-order valence-corrected chi connectivity index (χ1v) is 7.86. The van der Waals surface area contributed by atoms with Crippen LogP contribution in [0.1, 0.15) is 62.0 Å². The molecule has 0 unspecified atom stereocenters. The van der Waals surface area contributed by atoms with E-state index in [1.807, 2.05) is 0 Å². The predicted octanol–water partition coefficient (Wildman–Crippen LogP) is 4.23. The maximum atomic E-state index is 11.5. The van der Waals surface area contributed by atoms with E-state index in [0.29, 0.717) is 6.42 Å². The summed E-state index contributed by atoms with van der Waals surface area (Å²) in [4.78, 5) is 11.5. The third kappa shape index (κ3) is 3.05. The van der Waals surface area contributed by atoms with Crippen LogP contribution in [-0.4, -0.2) is 13.1 Å². The largest absolute Gasteiger partial charge is 0.469 e. The molecule has 1 aromatic carbocycles. The van der Waals surface area contributed by atoms with Crippen LogP contribution < -0.4 is 0 Å². The van der Waals surface area contributed by atoms with Crippen molar-refractivity contribution in [2.24, 2.45) is 5.41 Å². The minimum Gasteiger partial charge on any atom is -0.469 e. The number of benzene rings is 1. The lowest BCUT2D eigenvalue weighted by Gasteiger charge is -2.41. The third-order valence-electron chi connectivity index (χ3n) is 5.13. The number of esters is 1. The molecule has 0 amide bonds. The predicted molar refractivity (Wildman–Crippen MR) is 79.7 cm³/mol.